The molecule has 2 N–H and O–H groups in total. The second-order valence-corrected chi connectivity index (χ2v) is 9.26. The normalized spacial score (nSPS) is 17.5. The fourth-order valence-corrected chi connectivity index (χ4v) is 5.46. The Morgan fingerprint density at radius 3 is 2.51 bits per heavy atom. The predicted octanol–water partition coefficient (Wildman–Crippen LogP) is 6.03. The maximum absolute atomic E-state index is 10.6. The van der Waals surface area contributed by atoms with Gasteiger partial charge in [-0.25, -0.2) is 0 Å². The number of thiocarbonyl (C=S) groups is 1. The van der Waals surface area contributed by atoms with Crippen molar-refractivity contribution < 1.29 is 9.84 Å². The average Bonchev–Trinajstić information content (AvgIpc) is 3.35. The first kappa shape index (κ1) is 23.2. The fraction of sp³-hybridized carbons (Fsp3) is 0.185. The van der Waals surface area contributed by atoms with Gasteiger partial charge in [0.1, 0.15) is 11.5 Å². The van der Waals surface area contributed by atoms with Crippen LogP contribution in [0.3, 0.4) is 0 Å². The number of nitrogens with one attached hydrogen (secondary N) is 1. The first-order valence-electron chi connectivity index (χ1n) is 11.2. The number of nitrogens with zero attached hydrogens (tertiary/aromatic N) is 3. The van der Waals surface area contributed by atoms with Gasteiger partial charge in [-0.1, -0.05) is 29.8 Å². The Hall–Kier alpha value is -3.55. The second kappa shape index (κ2) is 9.24. The Labute approximate surface area is 214 Å². The Morgan fingerprint density at radius 2 is 1.83 bits per heavy atom. The van der Waals surface area contributed by atoms with E-state index in [2.05, 4.69) is 32.8 Å². The van der Waals surface area contributed by atoms with Gasteiger partial charge in [-0.2, -0.15) is 0 Å². The number of hydrogen-bond donors (Lipinski definition) is 2. The van der Waals surface area contributed by atoms with Crippen LogP contribution in [0.5, 0.6) is 11.5 Å². The van der Waals surface area contributed by atoms with Gasteiger partial charge in [0.25, 0.3) is 0 Å². The van der Waals surface area contributed by atoms with Crippen LogP contribution in [0.2, 0.25) is 5.02 Å². The molecular formula is C27H25ClN4O2S. The lowest BCUT2D eigenvalue weighted by atomic mass is 9.96. The smallest absolute Gasteiger partial charge is 0.174 e. The molecule has 0 radical (unpaired) electrons. The maximum atomic E-state index is 10.6. The molecule has 0 unspecified atom stereocenters. The largest absolute Gasteiger partial charge is 0.506 e. The van der Waals surface area contributed by atoms with Crippen molar-refractivity contribution >= 4 is 34.6 Å². The molecule has 2 aromatic carbocycles. The SMILES string of the molecule is COc1ccc(N2C(=S)N[C@@H](c3ccccn3)[C@@H]2c2cc(C)n(-c3ccccc3O)c2C)cc1Cl. The van der Waals surface area contributed by atoms with Crippen LogP contribution in [-0.4, -0.2) is 26.9 Å². The zero-order valence-corrected chi connectivity index (χ0v) is 21.1. The molecule has 0 amide bonds. The summed E-state index contributed by atoms with van der Waals surface area (Å²) in [5.41, 5.74) is 5.55. The van der Waals surface area contributed by atoms with E-state index >= 15 is 0 Å². The maximum Gasteiger partial charge on any atom is 0.174 e. The highest BCUT2D eigenvalue weighted by molar-refractivity contribution is 7.80. The van der Waals surface area contributed by atoms with Gasteiger partial charge < -0.3 is 24.6 Å². The molecule has 3 heterocycles. The third-order valence-electron chi connectivity index (χ3n) is 6.42. The summed E-state index contributed by atoms with van der Waals surface area (Å²) >= 11 is 12.3. The number of benzene rings is 2. The van der Waals surface area contributed by atoms with Crippen molar-refractivity contribution in [3.63, 3.8) is 0 Å². The number of rotatable bonds is 5. The van der Waals surface area contributed by atoms with Gasteiger partial charge in [0, 0.05) is 23.3 Å². The Bertz CT molecular complexity index is 1410. The Kier molecular flexibility index (Phi) is 6.13. The van der Waals surface area contributed by atoms with Crippen LogP contribution in [-0.2, 0) is 0 Å². The van der Waals surface area contributed by atoms with Gasteiger partial charge in [0.2, 0.25) is 0 Å². The molecule has 1 fully saturated rings. The molecule has 6 nitrogen and oxygen atoms in total. The van der Waals surface area contributed by atoms with Crippen LogP contribution in [0.15, 0.2) is 72.9 Å². The first-order chi connectivity index (χ1) is 16.9. The fourth-order valence-electron chi connectivity index (χ4n) is 4.87. The van der Waals surface area contributed by atoms with Crippen LogP contribution in [0, 0.1) is 13.8 Å². The van der Waals surface area contributed by atoms with E-state index in [1.807, 2.05) is 61.5 Å². The minimum Gasteiger partial charge on any atom is -0.506 e. The highest BCUT2D eigenvalue weighted by atomic mass is 35.5. The summed E-state index contributed by atoms with van der Waals surface area (Å²) in [6, 6.07) is 20.6. The summed E-state index contributed by atoms with van der Waals surface area (Å²) < 4.78 is 7.42. The van der Waals surface area contributed by atoms with E-state index in [9.17, 15) is 5.11 Å². The first-order valence-corrected chi connectivity index (χ1v) is 12.0. The van der Waals surface area contributed by atoms with E-state index in [4.69, 9.17) is 28.6 Å². The minimum atomic E-state index is -0.201. The highest BCUT2D eigenvalue weighted by Gasteiger charge is 2.42. The molecule has 35 heavy (non-hydrogen) atoms. The molecule has 1 saturated heterocycles. The summed E-state index contributed by atoms with van der Waals surface area (Å²) in [5, 5.41) is 15.1. The number of aromatic hydroxyl groups is 1. The number of hydrogen-bond acceptors (Lipinski definition) is 4. The topological polar surface area (TPSA) is 62.5 Å². The van der Waals surface area contributed by atoms with Crippen molar-refractivity contribution in [1.82, 2.24) is 14.9 Å². The number of ether oxygens (including phenoxy) is 1. The van der Waals surface area contributed by atoms with Crippen LogP contribution in [0.4, 0.5) is 5.69 Å². The molecule has 2 aromatic heterocycles. The standard InChI is InChI=1S/C27H25ClN4O2S/c1-16-14-19(17(2)31(16)22-9-4-5-10-23(22)33)26-25(21-8-6-7-13-29-21)30-27(35)32(26)18-11-12-24(34-3)20(28)15-18/h4-15,25-26,33H,1-3H3,(H,30,35)/t25-,26-/m0/s1. The second-order valence-electron chi connectivity index (χ2n) is 8.47. The van der Waals surface area contributed by atoms with Gasteiger partial charge in [0.15, 0.2) is 5.11 Å². The molecule has 4 aromatic rings. The number of pyridine rings is 1. The number of aromatic nitrogens is 2. The molecule has 5 rings (SSSR count). The van der Waals surface area contributed by atoms with Gasteiger partial charge in [-0.3, -0.25) is 4.98 Å². The number of methoxy groups -OCH3 is 1. The van der Waals surface area contributed by atoms with Crippen LogP contribution < -0.4 is 15.0 Å². The number of aryl methyl sites for hydroxylation is 1. The number of halogens is 1. The highest BCUT2D eigenvalue weighted by Crippen LogP contribution is 2.45. The van der Waals surface area contributed by atoms with E-state index in [1.54, 1.807) is 19.4 Å². The monoisotopic (exact) mass is 504 g/mol. The summed E-state index contributed by atoms with van der Waals surface area (Å²) in [7, 11) is 1.59. The van der Waals surface area contributed by atoms with E-state index in [0.717, 1.165) is 34.0 Å². The van der Waals surface area contributed by atoms with Crippen LogP contribution in [0.1, 0.15) is 34.7 Å². The summed E-state index contributed by atoms with van der Waals surface area (Å²) in [4.78, 5) is 6.71. The Balaban J connectivity index is 1.69. The molecule has 0 bridgehead atoms. The number of anilines is 1. The van der Waals surface area contributed by atoms with Crippen LogP contribution in [0.25, 0.3) is 5.69 Å². The van der Waals surface area contributed by atoms with Crippen LogP contribution >= 0.6 is 23.8 Å². The van der Waals surface area contributed by atoms with E-state index in [1.165, 1.54) is 0 Å². The Morgan fingerprint density at radius 1 is 1.06 bits per heavy atom. The van der Waals surface area contributed by atoms with E-state index in [-0.39, 0.29) is 17.8 Å². The third kappa shape index (κ3) is 4.00. The van der Waals surface area contributed by atoms with Crippen molar-refractivity contribution in [3.8, 4) is 17.2 Å². The zero-order valence-electron chi connectivity index (χ0n) is 19.6. The molecule has 178 valence electrons. The van der Waals surface area contributed by atoms with Crippen molar-refractivity contribution in [1.29, 1.82) is 0 Å². The predicted molar refractivity (Wildman–Crippen MR) is 143 cm³/mol. The summed E-state index contributed by atoms with van der Waals surface area (Å²) in [6.45, 7) is 4.10. The molecule has 1 aliphatic heterocycles. The van der Waals surface area contributed by atoms with Gasteiger partial charge in [-0.15, -0.1) is 0 Å². The zero-order chi connectivity index (χ0) is 24.7. The third-order valence-corrected chi connectivity index (χ3v) is 7.03. The van der Waals surface area contributed by atoms with E-state index in [0.29, 0.717) is 15.9 Å². The molecule has 8 heteroatoms. The molecule has 2 atom stereocenters. The lowest BCUT2D eigenvalue weighted by Crippen LogP contribution is -2.29. The number of phenolic OH excluding ortho intramolecular Hbond substituents is 1. The van der Waals surface area contributed by atoms with Gasteiger partial charge in [-0.05, 0) is 80.2 Å². The number of para-hydroxylation sites is 2. The van der Waals surface area contributed by atoms with Crippen molar-refractivity contribution in [2.75, 3.05) is 12.0 Å². The van der Waals surface area contributed by atoms with Crippen molar-refractivity contribution in [2.24, 2.45) is 0 Å². The minimum absolute atomic E-state index is 0.192. The summed E-state index contributed by atoms with van der Waals surface area (Å²) in [6.07, 6.45) is 1.79. The van der Waals surface area contributed by atoms with Gasteiger partial charge >= 0.3 is 0 Å². The van der Waals surface area contributed by atoms with Crippen molar-refractivity contribution in [3.05, 3.63) is 101 Å². The molecule has 0 aliphatic carbocycles. The summed E-state index contributed by atoms with van der Waals surface area (Å²) in [5.74, 6) is 0.824. The lowest BCUT2D eigenvalue weighted by molar-refractivity contribution is 0.415. The van der Waals surface area contributed by atoms with Gasteiger partial charge in [0.05, 0.1) is 35.6 Å². The quantitative estimate of drug-likeness (QED) is 0.323. The number of phenols is 1. The lowest BCUT2D eigenvalue weighted by Gasteiger charge is -2.28. The molecule has 1 aliphatic rings. The molecule has 0 spiro atoms. The molecular weight excluding hydrogens is 480 g/mol. The average molecular weight is 505 g/mol. The molecule has 0 saturated carbocycles. The van der Waals surface area contributed by atoms with E-state index < -0.39 is 0 Å². The van der Waals surface area contributed by atoms with Crippen molar-refractivity contribution in [2.45, 2.75) is 25.9 Å².